The van der Waals surface area contributed by atoms with Gasteiger partial charge in [0.15, 0.2) is 11.5 Å². The molecule has 1 aromatic rings. The largest absolute Gasteiger partial charge is 0.454 e. The summed E-state index contributed by atoms with van der Waals surface area (Å²) in [5, 5.41) is 0. The van der Waals surface area contributed by atoms with E-state index in [0.717, 1.165) is 24.0 Å². The van der Waals surface area contributed by atoms with Crippen LogP contribution in [0.3, 0.4) is 0 Å². The second-order valence-electron chi connectivity index (χ2n) is 6.88. The van der Waals surface area contributed by atoms with Gasteiger partial charge in [-0.25, -0.2) is 0 Å². The zero-order chi connectivity index (χ0) is 14.4. The number of piperidine rings is 1. The molecule has 4 heteroatoms. The Kier molecular flexibility index (Phi) is 3.31. The summed E-state index contributed by atoms with van der Waals surface area (Å²) in [5.41, 5.74) is 2.70. The lowest BCUT2D eigenvalue weighted by molar-refractivity contribution is 0.124. The minimum absolute atomic E-state index is 0.359. The SMILES string of the molecule is Cc1cc2c(cc1CN1C[C@@H]3CC[C@H]1CN(C)C3)OCO2. The normalized spacial score (nSPS) is 28.9. The van der Waals surface area contributed by atoms with Crippen LogP contribution in [0.25, 0.3) is 0 Å². The molecule has 114 valence electrons. The first-order valence-electron chi connectivity index (χ1n) is 8.01. The number of aryl methyl sites for hydroxylation is 1. The van der Waals surface area contributed by atoms with Crippen LogP contribution in [0, 0.1) is 12.8 Å². The van der Waals surface area contributed by atoms with Crippen molar-refractivity contribution in [3.63, 3.8) is 0 Å². The molecule has 5 rings (SSSR count). The van der Waals surface area contributed by atoms with E-state index in [1.807, 2.05) is 0 Å². The molecule has 21 heavy (non-hydrogen) atoms. The summed E-state index contributed by atoms with van der Waals surface area (Å²) >= 11 is 0. The van der Waals surface area contributed by atoms with Crippen LogP contribution in [0.5, 0.6) is 11.5 Å². The number of likely N-dealkylation sites (N-methyl/N-ethyl adjacent to an activating group) is 1. The Balaban J connectivity index is 1.56. The lowest BCUT2D eigenvalue weighted by atomic mass is 9.94. The fraction of sp³-hybridized carbons (Fsp3) is 0.647. The Hall–Kier alpha value is -1.26. The topological polar surface area (TPSA) is 24.9 Å². The van der Waals surface area contributed by atoms with Gasteiger partial charge in [-0.2, -0.15) is 0 Å². The molecule has 0 aliphatic carbocycles. The van der Waals surface area contributed by atoms with Gasteiger partial charge in [0.05, 0.1) is 0 Å². The highest BCUT2D eigenvalue weighted by Gasteiger charge is 2.33. The Morgan fingerprint density at radius 1 is 1.10 bits per heavy atom. The van der Waals surface area contributed by atoms with Crippen molar-refractivity contribution in [3.8, 4) is 11.5 Å². The van der Waals surface area contributed by atoms with Crippen molar-refractivity contribution in [1.29, 1.82) is 0 Å². The molecule has 3 fully saturated rings. The van der Waals surface area contributed by atoms with Crippen molar-refractivity contribution < 1.29 is 9.47 Å². The number of benzene rings is 1. The molecule has 4 heterocycles. The summed E-state index contributed by atoms with van der Waals surface area (Å²) in [7, 11) is 2.26. The van der Waals surface area contributed by atoms with Gasteiger partial charge >= 0.3 is 0 Å². The molecular weight excluding hydrogens is 264 g/mol. The van der Waals surface area contributed by atoms with Crippen LogP contribution >= 0.6 is 0 Å². The molecule has 4 aliphatic rings. The molecule has 2 bridgehead atoms. The molecule has 0 unspecified atom stereocenters. The number of nitrogens with zero attached hydrogens (tertiary/aromatic N) is 2. The van der Waals surface area contributed by atoms with Crippen LogP contribution in [0.1, 0.15) is 24.0 Å². The first-order valence-corrected chi connectivity index (χ1v) is 8.01. The van der Waals surface area contributed by atoms with Crippen LogP contribution in [0.4, 0.5) is 0 Å². The van der Waals surface area contributed by atoms with E-state index in [0.29, 0.717) is 12.8 Å². The van der Waals surface area contributed by atoms with Gasteiger partial charge in [-0.3, -0.25) is 4.90 Å². The molecule has 2 atom stereocenters. The highest BCUT2D eigenvalue weighted by Crippen LogP contribution is 2.36. The molecular formula is C17H24N2O2. The average Bonchev–Trinajstić information content (AvgIpc) is 2.73. The van der Waals surface area contributed by atoms with E-state index in [9.17, 15) is 0 Å². The molecule has 4 nitrogen and oxygen atoms in total. The van der Waals surface area contributed by atoms with E-state index in [1.165, 1.54) is 43.6 Å². The number of ether oxygens (including phenoxy) is 2. The van der Waals surface area contributed by atoms with E-state index >= 15 is 0 Å². The number of hydrogen-bond acceptors (Lipinski definition) is 4. The third-order valence-corrected chi connectivity index (χ3v) is 5.21. The van der Waals surface area contributed by atoms with Gasteiger partial charge in [-0.15, -0.1) is 0 Å². The molecule has 3 saturated heterocycles. The zero-order valence-corrected chi connectivity index (χ0v) is 13.0. The van der Waals surface area contributed by atoms with E-state index in [-0.39, 0.29) is 0 Å². The van der Waals surface area contributed by atoms with Gasteiger partial charge in [0, 0.05) is 32.2 Å². The molecule has 0 N–H and O–H groups in total. The first-order chi connectivity index (χ1) is 10.2. The minimum Gasteiger partial charge on any atom is -0.454 e. The van der Waals surface area contributed by atoms with Crippen molar-refractivity contribution in [2.75, 3.05) is 33.5 Å². The molecule has 0 spiro atoms. The predicted octanol–water partition coefficient (Wildman–Crippen LogP) is 2.25. The van der Waals surface area contributed by atoms with Gasteiger partial charge in [-0.1, -0.05) is 0 Å². The number of fused-ring (bicyclic) bond motifs is 5. The molecule has 0 saturated carbocycles. The van der Waals surface area contributed by atoms with Crippen molar-refractivity contribution >= 4 is 0 Å². The first kappa shape index (κ1) is 13.4. The summed E-state index contributed by atoms with van der Waals surface area (Å²) in [4.78, 5) is 5.19. The lowest BCUT2D eigenvalue weighted by Gasteiger charge is -2.36. The highest BCUT2D eigenvalue weighted by molar-refractivity contribution is 5.48. The van der Waals surface area contributed by atoms with E-state index in [4.69, 9.17) is 9.47 Å². The fourth-order valence-electron chi connectivity index (χ4n) is 4.08. The third-order valence-electron chi connectivity index (χ3n) is 5.21. The maximum atomic E-state index is 5.54. The van der Waals surface area contributed by atoms with Crippen LogP contribution < -0.4 is 9.47 Å². The lowest BCUT2D eigenvalue weighted by Crippen LogP contribution is -2.43. The maximum Gasteiger partial charge on any atom is 0.231 e. The second kappa shape index (κ2) is 5.18. The molecule has 0 aromatic heterocycles. The number of rotatable bonds is 2. The highest BCUT2D eigenvalue weighted by atomic mass is 16.7. The van der Waals surface area contributed by atoms with Crippen LogP contribution in [0.2, 0.25) is 0 Å². The average molecular weight is 288 g/mol. The van der Waals surface area contributed by atoms with Crippen molar-refractivity contribution in [2.24, 2.45) is 5.92 Å². The predicted molar refractivity (Wildman–Crippen MR) is 81.7 cm³/mol. The van der Waals surface area contributed by atoms with E-state index in [1.54, 1.807) is 0 Å². The van der Waals surface area contributed by atoms with Gasteiger partial charge in [-0.05, 0) is 56.0 Å². The second-order valence-corrected chi connectivity index (χ2v) is 6.88. The van der Waals surface area contributed by atoms with Gasteiger partial charge in [0.25, 0.3) is 0 Å². The molecule has 4 aliphatic heterocycles. The van der Waals surface area contributed by atoms with Crippen LogP contribution in [-0.2, 0) is 6.54 Å². The Morgan fingerprint density at radius 2 is 1.90 bits per heavy atom. The van der Waals surface area contributed by atoms with E-state index in [2.05, 4.69) is 35.9 Å². The third kappa shape index (κ3) is 2.51. The smallest absolute Gasteiger partial charge is 0.231 e. The van der Waals surface area contributed by atoms with Gasteiger partial charge in [0.1, 0.15) is 0 Å². The van der Waals surface area contributed by atoms with Gasteiger partial charge < -0.3 is 14.4 Å². The van der Waals surface area contributed by atoms with E-state index < -0.39 is 0 Å². The fourth-order valence-corrected chi connectivity index (χ4v) is 4.08. The molecule has 1 aromatic carbocycles. The van der Waals surface area contributed by atoms with Crippen molar-refractivity contribution in [2.45, 2.75) is 32.4 Å². The summed E-state index contributed by atoms with van der Waals surface area (Å²) < 4.78 is 11.0. The maximum absolute atomic E-state index is 5.54. The zero-order valence-electron chi connectivity index (χ0n) is 13.0. The summed E-state index contributed by atoms with van der Waals surface area (Å²) in [6.07, 6.45) is 2.74. The summed E-state index contributed by atoms with van der Waals surface area (Å²) in [6.45, 7) is 7.28. The Bertz CT molecular complexity index is 546. The standard InChI is InChI=1S/C17H24N2O2/c1-12-5-16-17(21-11-20-16)6-14(12)9-19-8-13-3-4-15(19)10-18(2)7-13/h5-6,13,15H,3-4,7-11H2,1-2H3/t13-,15+/m1/s1. The Morgan fingerprint density at radius 3 is 2.76 bits per heavy atom. The van der Waals surface area contributed by atoms with Crippen molar-refractivity contribution in [1.82, 2.24) is 9.80 Å². The van der Waals surface area contributed by atoms with Crippen LogP contribution in [0.15, 0.2) is 12.1 Å². The minimum atomic E-state index is 0.359. The number of hydrogen-bond donors (Lipinski definition) is 0. The van der Waals surface area contributed by atoms with Crippen LogP contribution in [-0.4, -0.2) is 49.3 Å². The Labute approximate surface area is 126 Å². The summed E-state index contributed by atoms with van der Waals surface area (Å²) in [5.74, 6) is 2.64. The molecule has 0 amide bonds. The van der Waals surface area contributed by atoms with Crippen molar-refractivity contribution in [3.05, 3.63) is 23.3 Å². The monoisotopic (exact) mass is 288 g/mol. The summed E-state index contributed by atoms with van der Waals surface area (Å²) in [6, 6.07) is 5.01. The molecule has 0 radical (unpaired) electrons. The quantitative estimate of drug-likeness (QED) is 0.833. The van der Waals surface area contributed by atoms with Gasteiger partial charge in [0.2, 0.25) is 6.79 Å².